The number of hydrogen-bond donors (Lipinski definition) is 4. The van der Waals surface area contributed by atoms with Crippen LogP contribution >= 0.6 is 0 Å². The van der Waals surface area contributed by atoms with Crippen LogP contribution in [0.4, 0.5) is 5.69 Å². The topological polar surface area (TPSA) is 160 Å². The van der Waals surface area contributed by atoms with Crippen LogP contribution in [0.25, 0.3) is 11.2 Å². The predicted octanol–water partition coefficient (Wildman–Crippen LogP) is 2.77. The summed E-state index contributed by atoms with van der Waals surface area (Å²) in [6.45, 7) is 5.71. The number of rotatable bonds is 17. The number of carboxylic acids is 1. The number of benzene rings is 2. The molecule has 0 saturated heterocycles. The third-order valence-corrected chi connectivity index (χ3v) is 7.61. The predicted molar refractivity (Wildman–Crippen MR) is 173 cm³/mol. The summed E-state index contributed by atoms with van der Waals surface area (Å²) in [5.41, 5.74) is 2.30. The van der Waals surface area contributed by atoms with Crippen LogP contribution in [-0.2, 0) is 42.1 Å². The Morgan fingerprint density at radius 1 is 0.911 bits per heavy atom. The average molecular weight is 619 g/mol. The van der Waals surface area contributed by atoms with Gasteiger partial charge in [-0.2, -0.15) is 0 Å². The Morgan fingerprint density at radius 2 is 1.67 bits per heavy atom. The molecule has 4 aromatic rings. The molecule has 0 aliphatic heterocycles. The van der Waals surface area contributed by atoms with Gasteiger partial charge in [-0.15, -0.1) is 0 Å². The van der Waals surface area contributed by atoms with E-state index in [1.807, 2.05) is 54.8 Å². The first-order valence-electron chi connectivity index (χ1n) is 15.5. The number of aryl methyl sites for hydroxylation is 2. The lowest BCUT2D eigenvalue weighted by atomic mass is 10.1. The Hall–Kier alpha value is -4.55. The van der Waals surface area contributed by atoms with Crippen molar-refractivity contribution in [3.8, 4) is 0 Å². The molecule has 0 saturated carbocycles. The number of nitrogens with zero attached hydrogens (tertiary/aromatic N) is 4. The van der Waals surface area contributed by atoms with E-state index < -0.39 is 23.7 Å². The van der Waals surface area contributed by atoms with Crippen molar-refractivity contribution in [1.82, 2.24) is 24.0 Å². The zero-order valence-electron chi connectivity index (χ0n) is 25.9. The fraction of sp³-hybridized carbons (Fsp3) is 0.424. The average Bonchev–Trinajstić information content (AvgIpc) is 3.38. The van der Waals surface area contributed by atoms with E-state index in [0.717, 1.165) is 11.1 Å². The molecule has 0 fully saturated rings. The highest BCUT2D eigenvalue weighted by atomic mass is 16.4. The number of carboxylic acid groups (broad SMARTS) is 1. The number of carbonyl (C=O) groups is 2. The quantitative estimate of drug-likeness (QED) is 0.131. The van der Waals surface area contributed by atoms with Gasteiger partial charge in [0.15, 0.2) is 11.2 Å². The molecule has 0 spiro atoms. The van der Waals surface area contributed by atoms with Gasteiger partial charge < -0.3 is 25.4 Å². The first-order chi connectivity index (χ1) is 21.7. The smallest absolute Gasteiger partial charge is 0.332 e. The van der Waals surface area contributed by atoms with E-state index in [0.29, 0.717) is 68.0 Å². The van der Waals surface area contributed by atoms with Gasteiger partial charge in [-0.25, -0.2) is 9.78 Å². The number of carbonyl (C=O) groups excluding carboxylic acids is 1. The van der Waals surface area contributed by atoms with Crippen LogP contribution in [-0.4, -0.2) is 60.0 Å². The van der Waals surface area contributed by atoms with Gasteiger partial charge >= 0.3 is 11.7 Å². The van der Waals surface area contributed by atoms with Gasteiger partial charge in [0, 0.05) is 51.3 Å². The molecule has 4 rings (SSSR count). The van der Waals surface area contributed by atoms with E-state index >= 15 is 0 Å². The zero-order chi connectivity index (χ0) is 32.3. The molecule has 12 nitrogen and oxygen atoms in total. The van der Waals surface area contributed by atoms with E-state index in [-0.39, 0.29) is 31.5 Å². The summed E-state index contributed by atoms with van der Waals surface area (Å²) in [6, 6.07) is 17.0. The summed E-state index contributed by atoms with van der Waals surface area (Å²) in [5, 5.41) is 24.8. The minimum Gasteiger partial charge on any atom is -0.481 e. The standard InChI is InChI=1S/C33H42N6O6/c1-3-17-39-32(44)30-31(36-27(21-23-9-6-5-7-10-23)37(30)19-16-34-22-26(40)4-2)38(33(39)45)18-15-24-11-8-12-25(20-24)35-28(41)13-14-29(42)43/h5-12,20,26,34,40H,3-4,13-19,21-22H2,1-2H3,(H,35,41)(H,42,43). The van der Waals surface area contributed by atoms with Crippen LogP contribution < -0.4 is 21.9 Å². The van der Waals surface area contributed by atoms with Crippen LogP contribution in [0, 0.1) is 0 Å². The highest BCUT2D eigenvalue weighted by molar-refractivity contribution is 5.92. The molecule has 0 radical (unpaired) electrons. The molecule has 45 heavy (non-hydrogen) atoms. The largest absolute Gasteiger partial charge is 0.481 e. The highest BCUT2D eigenvalue weighted by Crippen LogP contribution is 2.18. The van der Waals surface area contributed by atoms with Crippen LogP contribution in [0.15, 0.2) is 64.2 Å². The van der Waals surface area contributed by atoms with E-state index in [1.54, 1.807) is 22.8 Å². The molecule has 2 heterocycles. The van der Waals surface area contributed by atoms with Crippen molar-refractivity contribution in [2.75, 3.05) is 18.4 Å². The fourth-order valence-electron chi connectivity index (χ4n) is 5.21. The maximum Gasteiger partial charge on any atom is 0.332 e. The molecule has 0 bridgehead atoms. The molecule has 4 N–H and O–H groups in total. The van der Waals surface area contributed by atoms with E-state index in [1.165, 1.54) is 4.57 Å². The van der Waals surface area contributed by atoms with Crippen molar-refractivity contribution in [3.63, 3.8) is 0 Å². The molecule has 12 heteroatoms. The number of aliphatic hydroxyl groups is 1. The van der Waals surface area contributed by atoms with Gasteiger partial charge in [-0.1, -0.05) is 56.3 Å². The van der Waals surface area contributed by atoms with Crippen molar-refractivity contribution in [1.29, 1.82) is 0 Å². The zero-order valence-corrected chi connectivity index (χ0v) is 25.9. The third kappa shape index (κ3) is 8.77. The molecular weight excluding hydrogens is 576 g/mol. The molecule has 240 valence electrons. The lowest BCUT2D eigenvalue weighted by Gasteiger charge is -2.14. The van der Waals surface area contributed by atoms with Gasteiger partial charge in [0.05, 0.1) is 12.5 Å². The fourth-order valence-corrected chi connectivity index (χ4v) is 5.21. The molecule has 0 aliphatic carbocycles. The lowest BCUT2D eigenvalue weighted by molar-refractivity contribution is -0.138. The van der Waals surface area contributed by atoms with Crippen LogP contribution in [0.3, 0.4) is 0 Å². The molecule has 1 amide bonds. The number of aliphatic carboxylic acids is 1. The molecule has 1 atom stereocenters. The second kappa shape index (κ2) is 16.0. The second-order valence-electron chi connectivity index (χ2n) is 11.1. The van der Waals surface area contributed by atoms with Crippen molar-refractivity contribution < 1.29 is 19.8 Å². The number of fused-ring (bicyclic) bond motifs is 1. The number of hydrogen-bond acceptors (Lipinski definition) is 7. The van der Waals surface area contributed by atoms with Gasteiger partial charge in [0.1, 0.15) is 5.82 Å². The summed E-state index contributed by atoms with van der Waals surface area (Å²) in [6.07, 6.45) is 1.28. The Bertz CT molecular complexity index is 1730. The lowest BCUT2D eigenvalue weighted by Crippen LogP contribution is -2.41. The van der Waals surface area contributed by atoms with E-state index in [2.05, 4.69) is 10.6 Å². The summed E-state index contributed by atoms with van der Waals surface area (Å²) in [4.78, 5) is 55.4. The number of anilines is 1. The minimum absolute atomic E-state index is 0.130. The van der Waals surface area contributed by atoms with Crippen molar-refractivity contribution >= 4 is 28.7 Å². The number of aromatic nitrogens is 4. The van der Waals surface area contributed by atoms with E-state index in [4.69, 9.17) is 10.1 Å². The summed E-state index contributed by atoms with van der Waals surface area (Å²) in [7, 11) is 0. The Morgan fingerprint density at radius 3 is 2.38 bits per heavy atom. The monoisotopic (exact) mass is 618 g/mol. The number of aliphatic hydroxyl groups excluding tert-OH is 1. The van der Waals surface area contributed by atoms with Crippen molar-refractivity contribution in [2.45, 2.75) is 78.1 Å². The maximum atomic E-state index is 13.8. The van der Waals surface area contributed by atoms with Gasteiger partial charge in [-0.3, -0.25) is 23.5 Å². The van der Waals surface area contributed by atoms with E-state index in [9.17, 15) is 24.3 Å². The minimum atomic E-state index is -1.04. The number of nitrogens with one attached hydrogen (secondary N) is 2. The molecule has 2 aromatic carbocycles. The van der Waals surface area contributed by atoms with Gasteiger partial charge in [0.25, 0.3) is 5.56 Å². The van der Waals surface area contributed by atoms with Crippen molar-refractivity contribution in [2.24, 2.45) is 0 Å². The Labute approximate surface area is 261 Å². The highest BCUT2D eigenvalue weighted by Gasteiger charge is 2.22. The molecule has 1 unspecified atom stereocenters. The Kier molecular flexibility index (Phi) is 11.8. The first kappa shape index (κ1) is 33.3. The van der Waals surface area contributed by atoms with Crippen LogP contribution in [0.1, 0.15) is 56.5 Å². The second-order valence-corrected chi connectivity index (χ2v) is 11.1. The molecular formula is C33H42N6O6. The number of amides is 1. The third-order valence-electron chi connectivity index (χ3n) is 7.61. The van der Waals surface area contributed by atoms with Gasteiger partial charge in [-0.05, 0) is 42.5 Å². The normalized spacial score (nSPS) is 12.0. The maximum absolute atomic E-state index is 13.8. The summed E-state index contributed by atoms with van der Waals surface area (Å²) < 4.78 is 4.73. The van der Waals surface area contributed by atoms with Crippen LogP contribution in [0.2, 0.25) is 0 Å². The number of imidazole rings is 1. The summed E-state index contributed by atoms with van der Waals surface area (Å²) in [5.74, 6) is -0.769. The molecule has 2 aromatic heterocycles. The van der Waals surface area contributed by atoms with Gasteiger partial charge in [0.2, 0.25) is 5.91 Å². The molecule has 0 aliphatic rings. The Balaban J connectivity index is 1.70. The SMILES string of the molecule is CCCn1c(=O)c2c(nc(Cc3ccccc3)n2CCNCC(O)CC)n(CCc2cccc(NC(=O)CCC(=O)O)c2)c1=O. The first-order valence-corrected chi connectivity index (χ1v) is 15.5. The van der Waals surface area contributed by atoms with Crippen molar-refractivity contribution in [3.05, 3.63) is 92.4 Å². The summed E-state index contributed by atoms with van der Waals surface area (Å²) >= 11 is 0. The van der Waals surface area contributed by atoms with Crippen LogP contribution in [0.5, 0.6) is 0 Å².